The number of hydrogen-bond donors (Lipinski definition) is 2. The van der Waals surface area contributed by atoms with E-state index in [1.165, 1.54) is 17.5 Å². The summed E-state index contributed by atoms with van der Waals surface area (Å²) in [6, 6.07) is 9.24. The molecular weight excluding hydrogens is 288 g/mol. The van der Waals surface area contributed by atoms with Crippen molar-refractivity contribution in [3.05, 3.63) is 41.3 Å². The van der Waals surface area contributed by atoms with Gasteiger partial charge in [-0.05, 0) is 31.5 Å². The lowest BCUT2D eigenvalue weighted by atomic mass is 10.0. The van der Waals surface area contributed by atoms with Crippen LogP contribution in [0.2, 0.25) is 0 Å². The maximum Gasteiger partial charge on any atom is 0.315 e. The summed E-state index contributed by atoms with van der Waals surface area (Å²) in [7, 11) is 1.85. The maximum absolute atomic E-state index is 5.48. The van der Waals surface area contributed by atoms with Crippen molar-refractivity contribution >= 4 is 18.4 Å². The number of nitrogens with one attached hydrogen (secondary N) is 2. The lowest BCUT2D eigenvalue weighted by Crippen LogP contribution is -2.07. The third kappa shape index (κ3) is 5.02. The predicted octanol–water partition coefficient (Wildman–Crippen LogP) is 3.34. The molecule has 1 aromatic heterocycles. The molecule has 0 spiro atoms. The topological polar surface area (TPSA) is 63.0 Å². The zero-order chi connectivity index (χ0) is 14.4. The van der Waals surface area contributed by atoms with Crippen molar-refractivity contribution in [2.45, 2.75) is 39.3 Å². The van der Waals surface area contributed by atoms with Crippen LogP contribution >= 0.6 is 12.4 Å². The fourth-order valence-electron chi connectivity index (χ4n) is 2.06. The zero-order valence-corrected chi connectivity index (χ0v) is 13.5. The standard InChI is InChI=1S/C15H22N4O.ClH/c1-4-5-12-6-8-13(9-7-12)11(2)17-15-19-18-14(20-15)10-16-3;/h6-9,11,16H,4-5,10H2,1-3H3,(H,17,19);1H. The number of benzene rings is 1. The quantitative estimate of drug-likeness (QED) is 0.821. The molecule has 0 fully saturated rings. The van der Waals surface area contributed by atoms with Crippen molar-refractivity contribution < 1.29 is 4.42 Å². The van der Waals surface area contributed by atoms with Crippen molar-refractivity contribution in [2.75, 3.05) is 12.4 Å². The van der Waals surface area contributed by atoms with Crippen LogP contribution in [0, 0.1) is 0 Å². The van der Waals surface area contributed by atoms with Gasteiger partial charge in [-0.3, -0.25) is 0 Å². The average Bonchev–Trinajstić information content (AvgIpc) is 2.88. The number of anilines is 1. The lowest BCUT2D eigenvalue weighted by molar-refractivity contribution is 0.486. The smallest absolute Gasteiger partial charge is 0.315 e. The van der Waals surface area contributed by atoms with Crippen LogP contribution in [0.3, 0.4) is 0 Å². The SMILES string of the molecule is CCCc1ccc(C(C)Nc2nnc(CNC)o2)cc1.Cl. The number of nitrogens with zero attached hydrogens (tertiary/aromatic N) is 2. The van der Waals surface area contributed by atoms with Crippen LogP contribution in [0.5, 0.6) is 0 Å². The lowest BCUT2D eigenvalue weighted by Gasteiger charge is -2.12. The molecule has 5 nitrogen and oxygen atoms in total. The minimum Gasteiger partial charge on any atom is -0.407 e. The molecule has 2 rings (SSSR count). The molecule has 0 amide bonds. The van der Waals surface area contributed by atoms with E-state index in [0.29, 0.717) is 18.5 Å². The van der Waals surface area contributed by atoms with Crippen molar-refractivity contribution in [1.82, 2.24) is 15.5 Å². The second kappa shape index (κ2) is 8.64. The first kappa shape index (κ1) is 17.5. The van der Waals surface area contributed by atoms with E-state index in [0.717, 1.165) is 6.42 Å². The molecule has 2 aromatic rings. The van der Waals surface area contributed by atoms with Gasteiger partial charge in [-0.2, -0.15) is 0 Å². The number of rotatable bonds is 7. The predicted molar refractivity (Wildman–Crippen MR) is 86.8 cm³/mol. The summed E-state index contributed by atoms with van der Waals surface area (Å²) in [6.45, 7) is 4.85. The second-order valence-corrected chi connectivity index (χ2v) is 4.89. The number of aryl methyl sites for hydroxylation is 1. The van der Waals surface area contributed by atoms with Gasteiger partial charge >= 0.3 is 6.01 Å². The minimum absolute atomic E-state index is 0. The third-order valence-electron chi connectivity index (χ3n) is 3.15. The van der Waals surface area contributed by atoms with Gasteiger partial charge in [0.1, 0.15) is 0 Å². The fraction of sp³-hybridized carbons (Fsp3) is 0.467. The van der Waals surface area contributed by atoms with E-state index >= 15 is 0 Å². The van der Waals surface area contributed by atoms with E-state index in [-0.39, 0.29) is 18.4 Å². The fourth-order valence-corrected chi connectivity index (χ4v) is 2.06. The second-order valence-electron chi connectivity index (χ2n) is 4.89. The Hall–Kier alpha value is -1.59. The molecule has 0 bridgehead atoms. The highest BCUT2D eigenvalue weighted by Gasteiger charge is 2.10. The molecule has 21 heavy (non-hydrogen) atoms. The van der Waals surface area contributed by atoms with Gasteiger partial charge in [0.05, 0.1) is 12.6 Å². The van der Waals surface area contributed by atoms with Gasteiger partial charge in [0.25, 0.3) is 0 Å². The van der Waals surface area contributed by atoms with E-state index in [1.807, 2.05) is 7.05 Å². The highest BCUT2D eigenvalue weighted by Crippen LogP contribution is 2.19. The summed E-state index contributed by atoms with van der Waals surface area (Å²) < 4.78 is 5.48. The first-order chi connectivity index (χ1) is 9.72. The molecule has 0 aliphatic heterocycles. The summed E-state index contributed by atoms with van der Waals surface area (Å²) in [5, 5.41) is 14.1. The van der Waals surface area contributed by atoms with Crippen LogP contribution in [0.1, 0.15) is 43.3 Å². The van der Waals surface area contributed by atoms with Crippen LogP contribution in [0.15, 0.2) is 28.7 Å². The van der Waals surface area contributed by atoms with Crippen molar-refractivity contribution in [3.8, 4) is 0 Å². The Labute approximate surface area is 131 Å². The average molecular weight is 311 g/mol. The van der Waals surface area contributed by atoms with E-state index < -0.39 is 0 Å². The molecule has 1 unspecified atom stereocenters. The first-order valence-electron chi connectivity index (χ1n) is 7.05. The van der Waals surface area contributed by atoms with E-state index in [2.05, 4.69) is 58.9 Å². The number of aromatic nitrogens is 2. The third-order valence-corrected chi connectivity index (χ3v) is 3.15. The summed E-state index contributed by atoms with van der Waals surface area (Å²) in [5.74, 6) is 0.584. The summed E-state index contributed by atoms with van der Waals surface area (Å²) in [4.78, 5) is 0. The van der Waals surface area contributed by atoms with Gasteiger partial charge < -0.3 is 15.1 Å². The monoisotopic (exact) mass is 310 g/mol. The van der Waals surface area contributed by atoms with Crippen LogP contribution in [0.25, 0.3) is 0 Å². The minimum atomic E-state index is 0. The zero-order valence-electron chi connectivity index (χ0n) is 12.7. The Morgan fingerprint density at radius 2 is 1.90 bits per heavy atom. The Bertz CT molecular complexity index is 527. The van der Waals surface area contributed by atoms with E-state index in [1.54, 1.807) is 0 Å². The molecule has 6 heteroatoms. The highest BCUT2D eigenvalue weighted by molar-refractivity contribution is 5.85. The van der Waals surface area contributed by atoms with E-state index in [9.17, 15) is 0 Å². The van der Waals surface area contributed by atoms with Crippen LogP contribution in [0.4, 0.5) is 6.01 Å². The van der Waals surface area contributed by atoms with Gasteiger partial charge in [0, 0.05) is 0 Å². The van der Waals surface area contributed by atoms with Gasteiger partial charge in [-0.1, -0.05) is 42.7 Å². The van der Waals surface area contributed by atoms with Crippen molar-refractivity contribution in [1.29, 1.82) is 0 Å². The molecule has 0 saturated heterocycles. The normalized spacial score (nSPS) is 11.8. The molecular formula is C15H23ClN4O. The largest absolute Gasteiger partial charge is 0.407 e. The summed E-state index contributed by atoms with van der Waals surface area (Å²) in [6.07, 6.45) is 2.29. The van der Waals surface area contributed by atoms with Crippen molar-refractivity contribution in [2.24, 2.45) is 0 Å². The van der Waals surface area contributed by atoms with Gasteiger partial charge in [0.2, 0.25) is 5.89 Å². The molecule has 0 saturated carbocycles. The van der Waals surface area contributed by atoms with E-state index in [4.69, 9.17) is 4.42 Å². The number of hydrogen-bond acceptors (Lipinski definition) is 5. The van der Waals surface area contributed by atoms with Crippen LogP contribution < -0.4 is 10.6 Å². The Morgan fingerprint density at radius 1 is 1.19 bits per heavy atom. The molecule has 0 aliphatic carbocycles. The highest BCUT2D eigenvalue weighted by atomic mass is 35.5. The molecule has 2 N–H and O–H groups in total. The maximum atomic E-state index is 5.48. The molecule has 0 radical (unpaired) electrons. The van der Waals surface area contributed by atoms with Crippen molar-refractivity contribution in [3.63, 3.8) is 0 Å². The summed E-state index contributed by atoms with van der Waals surface area (Å²) in [5.41, 5.74) is 2.58. The molecule has 0 aliphatic rings. The first-order valence-corrected chi connectivity index (χ1v) is 7.05. The van der Waals surface area contributed by atoms with Gasteiger partial charge in [-0.25, -0.2) is 0 Å². The Morgan fingerprint density at radius 3 is 2.52 bits per heavy atom. The van der Waals surface area contributed by atoms with Crippen LogP contribution in [-0.2, 0) is 13.0 Å². The summed E-state index contributed by atoms with van der Waals surface area (Å²) >= 11 is 0. The van der Waals surface area contributed by atoms with Gasteiger partial charge in [-0.15, -0.1) is 17.5 Å². The molecule has 1 atom stereocenters. The Kier molecular flexibility index (Phi) is 7.19. The number of halogens is 1. The molecule has 1 aromatic carbocycles. The molecule has 1 heterocycles. The van der Waals surface area contributed by atoms with Crippen LogP contribution in [-0.4, -0.2) is 17.2 Å². The Balaban J connectivity index is 0.00000220. The van der Waals surface area contributed by atoms with Gasteiger partial charge in [0.15, 0.2) is 0 Å². The molecule has 116 valence electrons.